The number of halogens is 3. The van der Waals surface area contributed by atoms with E-state index in [4.69, 9.17) is 9.15 Å². The highest BCUT2D eigenvalue weighted by molar-refractivity contribution is 6.03. The summed E-state index contributed by atoms with van der Waals surface area (Å²) >= 11 is 0. The van der Waals surface area contributed by atoms with Gasteiger partial charge in [-0.2, -0.15) is 13.2 Å². The van der Waals surface area contributed by atoms with Gasteiger partial charge in [-0.3, -0.25) is 4.79 Å². The number of nitrogens with zero attached hydrogens (tertiary/aromatic N) is 4. The highest BCUT2D eigenvalue weighted by Gasteiger charge is 2.43. The molecule has 0 bridgehead atoms. The van der Waals surface area contributed by atoms with Gasteiger partial charge in [-0.15, -0.1) is 0 Å². The fourth-order valence-electron chi connectivity index (χ4n) is 4.46. The number of nitrogens with one attached hydrogen (secondary N) is 2. The highest BCUT2D eigenvalue weighted by atomic mass is 19.4. The maximum absolute atomic E-state index is 13.2. The van der Waals surface area contributed by atoms with Crippen LogP contribution in [0.4, 0.5) is 30.5 Å². The lowest BCUT2D eigenvalue weighted by atomic mass is 10.1. The first-order valence-corrected chi connectivity index (χ1v) is 11.9. The predicted octanol–water partition coefficient (Wildman–Crippen LogP) is 4.60. The topological polar surface area (TPSA) is 105 Å². The first-order valence-electron chi connectivity index (χ1n) is 11.9. The van der Waals surface area contributed by atoms with Crippen molar-refractivity contribution in [1.82, 2.24) is 15.0 Å². The molecule has 0 spiro atoms. The molecule has 3 aromatic heterocycles. The van der Waals surface area contributed by atoms with Crippen molar-refractivity contribution in [3.63, 3.8) is 0 Å². The highest BCUT2D eigenvalue weighted by Crippen LogP contribution is 2.36. The van der Waals surface area contributed by atoms with E-state index in [9.17, 15) is 18.0 Å². The van der Waals surface area contributed by atoms with Crippen LogP contribution in [0.3, 0.4) is 0 Å². The van der Waals surface area contributed by atoms with E-state index in [0.29, 0.717) is 46.4 Å². The Morgan fingerprint density at radius 1 is 1.14 bits per heavy atom. The number of rotatable bonds is 5. The summed E-state index contributed by atoms with van der Waals surface area (Å²) in [4.78, 5) is 27.3. The molecule has 1 amide bonds. The monoisotopic (exact) mass is 512 g/mol. The molecular weight excluding hydrogens is 489 g/mol. The Labute approximate surface area is 209 Å². The van der Waals surface area contributed by atoms with Crippen LogP contribution in [-0.2, 0) is 9.53 Å². The number of carbonyl (C=O) groups excluding carboxylic acids is 1. The van der Waals surface area contributed by atoms with Crippen LogP contribution in [0.25, 0.3) is 33.3 Å². The van der Waals surface area contributed by atoms with Gasteiger partial charge < -0.3 is 24.7 Å². The van der Waals surface area contributed by atoms with Gasteiger partial charge in [0.2, 0.25) is 11.8 Å². The van der Waals surface area contributed by atoms with Crippen molar-refractivity contribution in [2.45, 2.75) is 25.1 Å². The molecule has 1 saturated heterocycles. The molecule has 12 heteroatoms. The Morgan fingerprint density at radius 2 is 1.97 bits per heavy atom. The fourth-order valence-corrected chi connectivity index (χ4v) is 4.46. The summed E-state index contributed by atoms with van der Waals surface area (Å²) in [5, 5.41) is 7.35. The zero-order chi connectivity index (χ0) is 25.7. The van der Waals surface area contributed by atoms with E-state index in [1.54, 1.807) is 48.6 Å². The summed E-state index contributed by atoms with van der Waals surface area (Å²) in [7, 11) is 1.75. The van der Waals surface area contributed by atoms with E-state index in [1.165, 1.54) is 0 Å². The first kappa shape index (κ1) is 23.5. The number of oxazole rings is 1. The number of fused-ring (bicyclic) bond motifs is 2. The third-order valence-electron chi connectivity index (χ3n) is 6.61. The van der Waals surface area contributed by atoms with Crippen LogP contribution in [0.5, 0.6) is 0 Å². The summed E-state index contributed by atoms with van der Waals surface area (Å²) in [6.07, 6.45) is -1.24. The van der Waals surface area contributed by atoms with E-state index in [0.717, 1.165) is 23.6 Å². The van der Waals surface area contributed by atoms with Crippen molar-refractivity contribution in [3.8, 4) is 11.5 Å². The molecule has 1 atom stereocenters. The minimum atomic E-state index is -4.43. The van der Waals surface area contributed by atoms with Crippen LogP contribution < -0.4 is 15.5 Å². The second-order valence-corrected chi connectivity index (χ2v) is 9.17. The molecule has 6 rings (SSSR count). The lowest BCUT2D eigenvalue weighted by molar-refractivity contribution is -0.221. The van der Waals surface area contributed by atoms with Crippen LogP contribution in [0, 0.1) is 5.92 Å². The largest absolute Gasteiger partial charge is 0.436 e. The zero-order valence-electron chi connectivity index (χ0n) is 19.8. The number of alkyl halides is 3. The lowest BCUT2D eigenvalue weighted by Gasteiger charge is -2.35. The summed E-state index contributed by atoms with van der Waals surface area (Å²) in [6, 6.07) is 6.88. The SMILES string of the molecule is CNc1ncc(-c2nc3cc(N4CCOC(C(F)(F)F)C4)ccc3o2)c2cc(NC(=O)C3CC3)ncc12. The predicted molar refractivity (Wildman–Crippen MR) is 131 cm³/mol. The number of anilines is 3. The summed E-state index contributed by atoms with van der Waals surface area (Å²) in [5.74, 6) is 1.31. The molecule has 1 unspecified atom stereocenters. The maximum Gasteiger partial charge on any atom is 0.416 e. The number of morpholine rings is 1. The molecule has 4 heterocycles. The summed E-state index contributed by atoms with van der Waals surface area (Å²) < 4.78 is 50.5. The quantitative estimate of drug-likeness (QED) is 0.400. The van der Waals surface area contributed by atoms with Gasteiger partial charge in [0.25, 0.3) is 0 Å². The Kier molecular flexibility index (Phi) is 5.63. The van der Waals surface area contributed by atoms with Crippen LogP contribution in [0.2, 0.25) is 0 Å². The normalized spacial score (nSPS) is 18.4. The van der Waals surface area contributed by atoms with Gasteiger partial charge in [0.15, 0.2) is 11.7 Å². The number of hydrogen-bond donors (Lipinski definition) is 2. The van der Waals surface area contributed by atoms with Crippen molar-refractivity contribution in [2.24, 2.45) is 5.92 Å². The van der Waals surface area contributed by atoms with Crippen molar-refractivity contribution in [3.05, 3.63) is 36.7 Å². The van der Waals surface area contributed by atoms with E-state index in [-0.39, 0.29) is 25.0 Å². The van der Waals surface area contributed by atoms with Crippen LogP contribution in [0.15, 0.2) is 41.1 Å². The number of hydrogen-bond acceptors (Lipinski definition) is 8. The third kappa shape index (κ3) is 4.52. The number of pyridine rings is 2. The average molecular weight is 512 g/mol. The number of ether oxygens (including phenoxy) is 1. The number of carbonyl (C=O) groups is 1. The Balaban J connectivity index is 1.36. The number of aromatic nitrogens is 3. The Hall–Kier alpha value is -3.93. The van der Waals surface area contributed by atoms with Gasteiger partial charge in [-0.25, -0.2) is 15.0 Å². The van der Waals surface area contributed by atoms with E-state index in [2.05, 4.69) is 25.6 Å². The molecule has 2 aliphatic rings. The minimum Gasteiger partial charge on any atom is -0.436 e. The minimum absolute atomic E-state index is 0.0184. The summed E-state index contributed by atoms with van der Waals surface area (Å²) in [6.45, 7) is 0.0305. The van der Waals surface area contributed by atoms with E-state index in [1.807, 2.05) is 0 Å². The third-order valence-corrected chi connectivity index (χ3v) is 6.61. The van der Waals surface area contributed by atoms with Crippen molar-refractivity contribution < 1.29 is 27.1 Å². The number of benzene rings is 1. The maximum atomic E-state index is 13.2. The molecular formula is C25H23F3N6O3. The fraction of sp³-hybridized carbons (Fsp3) is 0.360. The molecule has 1 aliphatic carbocycles. The Bertz CT molecular complexity index is 1500. The molecule has 1 saturated carbocycles. The average Bonchev–Trinajstić information content (AvgIpc) is 3.66. The van der Waals surface area contributed by atoms with Gasteiger partial charge >= 0.3 is 6.18 Å². The smallest absolute Gasteiger partial charge is 0.416 e. The molecule has 192 valence electrons. The van der Waals surface area contributed by atoms with Gasteiger partial charge in [-0.1, -0.05) is 0 Å². The van der Waals surface area contributed by atoms with E-state index < -0.39 is 12.3 Å². The molecule has 0 radical (unpaired) electrons. The van der Waals surface area contributed by atoms with Crippen LogP contribution >= 0.6 is 0 Å². The Morgan fingerprint density at radius 3 is 2.73 bits per heavy atom. The van der Waals surface area contributed by atoms with Crippen LogP contribution in [0.1, 0.15) is 12.8 Å². The second kappa shape index (κ2) is 8.87. The van der Waals surface area contributed by atoms with Gasteiger partial charge in [-0.05, 0) is 37.1 Å². The van der Waals surface area contributed by atoms with Crippen molar-refractivity contribution in [2.75, 3.05) is 42.3 Å². The molecule has 1 aromatic carbocycles. The molecule has 1 aliphatic heterocycles. The first-order chi connectivity index (χ1) is 17.8. The zero-order valence-corrected chi connectivity index (χ0v) is 19.8. The number of amides is 1. The molecule has 2 fully saturated rings. The van der Waals surface area contributed by atoms with Crippen molar-refractivity contribution in [1.29, 1.82) is 0 Å². The molecule has 4 aromatic rings. The lowest BCUT2D eigenvalue weighted by Crippen LogP contribution is -2.49. The molecule has 2 N–H and O–H groups in total. The summed E-state index contributed by atoms with van der Waals surface area (Å²) in [5.41, 5.74) is 2.19. The second-order valence-electron chi connectivity index (χ2n) is 9.17. The molecule has 37 heavy (non-hydrogen) atoms. The van der Waals surface area contributed by atoms with Crippen molar-refractivity contribution >= 4 is 45.1 Å². The van der Waals surface area contributed by atoms with E-state index >= 15 is 0 Å². The van der Waals surface area contributed by atoms with Crippen LogP contribution in [-0.4, -0.2) is 59.9 Å². The van der Waals surface area contributed by atoms with Gasteiger partial charge in [0.05, 0.1) is 18.7 Å². The van der Waals surface area contributed by atoms with Gasteiger partial charge in [0.1, 0.15) is 17.2 Å². The standard InChI is InChI=1S/C25H23F3N6O3/c1-29-22-16-10-30-21(33-23(35)13-2-3-13)9-15(16)17(11-31-22)24-32-18-8-14(4-5-19(18)37-24)34-6-7-36-20(12-34)25(26,27)28/h4-5,8-11,13,20H,2-3,6-7,12H2,1H3,(H,29,31)(H,30,33,35). The molecule has 9 nitrogen and oxygen atoms in total. The van der Waals surface area contributed by atoms with Gasteiger partial charge in [0, 0.05) is 48.4 Å².